The molecule has 1 saturated heterocycles. The molecule has 1 aliphatic heterocycles. The van der Waals surface area contributed by atoms with Crippen LogP contribution in [-0.4, -0.2) is 19.3 Å². The Balaban J connectivity index is 2.11. The van der Waals surface area contributed by atoms with E-state index in [1.807, 2.05) is 0 Å². The Morgan fingerprint density at radius 1 is 1.11 bits per heavy atom. The van der Waals surface area contributed by atoms with Gasteiger partial charge in [0.25, 0.3) is 0 Å². The third-order valence-corrected chi connectivity index (χ3v) is 4.16. The minimum atomic E-state index is 0.0130. The Morgan fingerprint density at radius 3 is 2.39 bits per heavy atom. The average molecular weight is 241 g/mol. The fourth-order valence-electron chi connectivity index (χ4n) is 2.69. The lowest BCUT2D eigenvalue weighted by molar-refractivity contribution is -0.0701. The third kappa shape index (κ3) is 1.64. The summed E-state index contributed by atoms with van der Waals surface area (Å²) < 4.78 is 5.41. The second-order valence-electron chi connectivity index (χ2n) is 5.50. The van der Waals surface area contributed by atoms with Crippen LogP contribution in [0.2, 0.25) is 0 Å². The lowest BCUT2D eigenvalue weighted by Gasteiger charge is -2.45. The van der Waals surface area contributed by atoms with Crippen molar-refractivity contribution in [3.05, 3.63) is 47.5 Å². The van der Waals surface area contributed by atoms with Gasteiger partial charge in [0.15, 0.2) is 0 Å². The van der Waals surface area contributed by atoms with Gasteiger partial charge in [-0.05, 0) is 30.2 Å². The zero-order chi connectivity index (χ0) is 12.8. The summed E-state index contributed by atoms with van der Waals surface area (Å²) in [6, 6.07) is 13.3. The summed E-state index contributed by atoms with van der Waals surface area (Å²) in [6.07, 6.45) is 0. The molecular formula is C16H19NO. The van der Waals surface area contributed by atoms with Crippen LogP contribution >= 0.6 is 0 Å². The third-order valence-electron chi connectivity index (χ3n) is 4.16. The molecule has 94 valence electrons. The van der Waals surface area contributed by atoms with E-state index in [1.54, 1.807) is 0 Å². The van der Waals surface area contributed by atoms with Gasteiger partial charge in [-0.3, -0.25) is 0 Å². The predicted octanol–water partition coefficient (Wildman–Crippen LogP) is 2.76. The molecule has 1 unspecified atom stereocenters. The molecule has 2 aromatic carbocycles. The van der Waals surface area contributed by atoms with Crippen molar-refractivity contribution in [1.29, 1.82) is 0 Å². The quantitative estimate of drug-likeness (QED) is 0.877. The molecule has 0 saturated carbocycles. The first-order valence-corrected chi connectivity index (χ1v) is 6.46. The number of hydrogen-bond acceptors (Lipinski definition) is 2. The van der Waals surface area contributed by atoms with Gasteiger partial charge in [-0.25, -0.2) is 0 Å². The van der Waals surface area contributed by atoms with E-state index < -0.39 is 0 Å². The SMILES string of the molecule is Cc1ccc2cc(C3(C(C)N)COC3)ccc2c1. The Hall–Kier alpha value is -1.38. The van der Waals surface area contributed by atoms with Crippen LogP contribution in [-0.2, 0) is 10.2 Å². The number of ether oxygens (including phenoxy) is 1. The standard InChI is InChI=1S/C16H19NO/c1-11-3-4-14-8-15(6-5-13(14)7-11)16(12(2)17)9-18-10-16/h3-8,12H,9-10,17H2,1-2H3. The molecule has 2 aromatic rings. The summed E-state index contributed by atoms with van der Waals surface area (Å²) in [4.78, 5) is 0. The van der Waals surface area contributed by atoms with Crippen molar-refractivity contribution in [2.75, 3.05) is 13.2 Å². The molecule has 0 bridgehead atoms. The van der Waals surface area contributed by atoms with Crippen molar-refractivity contribution < 1.29 is 4.74 Å². The van der Waals surface area contributed by atoms with Gasteiger partial charge < -0.3 is 10.5 Å². The molecule has 0 radical (unpaired) electrons. The smallest absolute Gasteiger partial charge is 0.0600 e. The van der Waals surface area contributed by atoms with Gasteiger partial charge in [-0.15, -0.1) is 0 Å². The molecular weight excluding hydrogens is 222 g/mol. The van der Waals surface area contributed by atoms with Crippen LogP contribution in [0.25, 0.3) is 10.8 Å². The van der Waals surface area contributed by atoms with E-state index in [0.29, 0.717) is 0 Å². The molecule has 2 N–H and O–H groups in total. The van der Waals surface area contributed by atoms with Crippen LogP contribution in [0, 0.1) is 6.92 Å². The fraction of sp³-hybridized carbons (Fsp3) is 0.375. The molecule has 0 spiro atoms. The van der Waals surface area contributed by atoms with Gasteiger partial charge in [0.1, 0.15) is 0 Å². The molecule has 0 aliphatic carbocycles. The normalized spacial score (nSPS) is 19.5. The van der Waals surface area contributed by atoms with Gasteiger partial charge >= 0.3 is 0 Å². The van der Waals surface area contributed by atoms with Gasteiger partial charge in [0.05, 0.1) is 18.6 Å². The first-order valence-electron chi connectivity index (χ1n) is 6.46. The van der Waals surface area contributed by atoms with Crippen LogP contribution in [0.1, 0.15) is 18.1 Å². The highest BCUT2D eigenvalue weighted by Gasteiger charge is 2.43. The van der Waals surface area contributed by atoms with E-state index in [2.05, 4.69) is 50.2 Å². The molecule has 1 aliphatic rings. The van der Waals surface area contributed by atoms with Gasteiger partial charge in [-0.1, -0.05) is 42.0 Å². The molecule has 1 fully saturated rings. The molecule has 1 heterocycles. The molecule has 2 heteroatoms. The highest BCUT2D eigenvalue weighted by atomic mass is 16.5. The van der Waals surface area contributed by atoms with Crippen molar-refractivity contribution in [2.45, 2.75) is 25.3 Å². The Bertz CT molecular complexity index is 585. The van der Waals surface area contributed by atoms with Crippen LogP contribution in [0.3, 0.4) is 0 Å². The Labute approximate surface area is 108 Å². The van der Waals surface area contributed by atoms with Gasteiger partial charge in [0, 0.05) is 6.04 Å². The summed E-state index contributed by atoms with van der Waals surface area (Å²) in [5.41, 5.74) is 8.77. The number of fused-ring (bicyclic) bond motifs is 1. The van der Waals surface area contributed by atoms with E-state index in [0.717, 1.165) is 13.2 Å². The molecule has 18 heavy (non-hydrogen) atoms. The summed E-state index contributed by atoms with van der Waals surface area (Å²) >= 11 is 0. The Kier molecular flexibility index (Phi) is 2.65. The number of nitrogens with two attached hydrogens (primary N) is 1. The van der Waals surface area contributed by atoms with Crippen molar-refractivity contribution in [3.63, 3.8) is 0 Å². The first kappa shape index (κ1) is 11.7. The maximum Gasteiger partial charge on any atom is 0.0600 e. The largest absolute Gasteiger partial charge is 0.379 e. The second kappa shape index (κ2) is 4.08. The minimum absolute atomic E-state index is 0.0130. The highest BCUT2D eigenvalue weighted by molar-refractivity contribution is 5.84. The lowest BCUT2D eigenvalue weighted by atomic mass is 9.73. The van der Waals surface area contributed by atoms with E-state index in [-0.39, 0.29) is 11.5 Å². The topological polar surface area (TPSA) is 35.2 Å². The van der Waals surface area contributed by atoms with Crippen LogP contribution in [0.15, 0.2) is 36.4 Å². The number of hydrogen-bond donors (Lipinski definition) is 1. The number of rotatable bonds is 2. The zero-order valence-electron chi connectivity index (χ0n) is 10.9. The highest BCUT2D eigenvalue weighted by Crippen LogP contribution is 2.36. The maximum atomic E-state index is 6.15. The molecule has 2 nitrogen and oxygen atoms in total. The minimum Gasteiger partial charge on any atom is -0.379 e. The summed E-state index contributed by atoms with van der Waals surface area (Å²) in [5, 5.41) is 2.57. The van der Waals surface area contributed by atoms with Crippen molar-refractivity contribution in [2.24, 2.45) is 5.73 Å². The maximum absolute atomic E-state index is 6.15. The Morgan fingerprint density at radius 2 is 1.78 bits per heavy atom. The number of aryl methyl sites for hydroxylation is 1. The summed E-state index contributed by atoms with van der Waals surface area (Å²) in [5.74, 6) is 0. The van der Waals surface area contributed by atoms with E-state index in [1.165, 1.54) is 21.9 Å². The van der Waals surface area contributed by atoms with Gasteiger partial charge in [0.2, 0.25) is 0 Å². The fourth-order valence-corrected chi connectivity index (χ4v) is 2.69. The predicted molar refractivity (Wildman–Crippen MR) is 74.8 cm³/mol. The van der Waals surface area contributed by atoms with Gasteiger partial charge in [-0.2, -0.15) is 0 Å². The average Bonchev–Trinajstić information content (AvgIpc) is 2.27. The zero-order valence-corrected chi connectivity index (χ0v) is 10.9. The first-order chi connectivity index (χ1) is 8.62. The van der Waals surface area contributed by atoms with E-state index in [9.17, 15) is 0 Å². The monoisotopic (exact) mass is 241 g/mol. The second-order valence-corrected chi connectivity index (χ2v) is 5.50. The van der Waals surface area contributed by atoms with E-state index >= 15 is 0 Å². The lowest BCUT2D eigenvalue weighted by Crippen LogP contribution is -2.57. The molecule has 0 aromatic heterocycles. The van der Waals surface area contributed by atoms with Crippen molar-refractivity contribution >= 4 is 10.8 Å². The summed E-state index contributed by atoms with van der Waals surface area (Å²) in [7, 11) is 0. The molecule has 3 rings (SSSR count). The number of benzene rings is 2. The van der Waals surface area contributed by atoms with Crippen molar-refractivity contribution in [3.8, 4) is 0 Å². The van der Waals surface area contributed by atoms with Crippen LogP contribution < -0.4 is 5.73 Å². The van der Waals surface area contributed by atoms with Crippen LogP contribution in [0.4, 0.5) is 0 Å². The van der Waals surface area contributed by atoms with Crippen LogP contribution in [0.5, 0.6) is 0 Å². The molecule has 1 atom stereocenters. The molecule has 0 amide bonds. The van der Waals surface area contributed by atoms with E-state index in [4.69, 9.17) is 10.5 Å². The van der Waals surface area contributed by atoms with Crippen molar-refractivity contribution in [1.82, 2.24) is 0 Å². The summed E-state index contributed by atoms with van der Waals surface area (Å²) in [6.45, 7) is 5.67.